The van der Waals surface area contributed by atoms with E-state index < -0.39 is 0 Å². The maximum absolute atomic E-state index is 6.17. The largest absolute Gasteiger partial charge is 0.312 e. The molecule has 100 valence electrons. The van der Waals surface area contributed by atoms with Gasteiger partial charge in [0.05, 0.1) is 5.02 Å². The summed E-state index contributed by atoms with van der Waals surface area (Å²) < 4.78 is 0. The summed E-state index contributed by atoms with van der Waals surface area (Å²) in [4.78, 5) is 3.99. The van der Waals surface area contributed by atoms with Gasteiger partial charge in [0.1, 0.15) is 0 Å². The lowest BCUT2D eigenvalue weighted by molar-refractivity contribution is 0.212. The number of alkyl halides is 1. The topological polar surface area (TPSA) is 24.9 Å². The van der Waals surface area contributed by atoms with Crippen molar-refractivity contribution in [1.82, 2.24) is 10.3 Å². The van der Waals surface area contributed by atoms with Gasteiger partial charge in [0.15, 0.2) is 0 Å². The van der Waals surface area contributed by atoms with Crippen LogP contribution in [-0.2, 0) is 6.54 Å². The van der Waals surface area contributed by atoms with E-state index in [1.807, 2.05) is 6.07 Å². The van der Waals surface area contributed by atoms with E-state index in [-0.39, 0.29) is 0 Å². The number of halogens is 2. The molecule has 18 heavy (non-hydrogen) atoms. The SMILES string of the molecule is ClCC1(CNCc2ccncc2Cl)CCCCC1. The second-order valence-corrected chi connectivity index (χ2v) is 5.94. The highest BCUT2D eigenvalue weighted by molar-refractivity contribution is 6.31. The zero-order valence-electron chi connectivity index (χ0n) is 10.6. The Hall–Kier alpha value is -0.310. The van der Waals surface area contributed by atoms with Gasteiger partial charge in [-0.3, -0.25) is 4.98 Å². The molecule has 0 amide bonds. The maximum atomic E-state index is 6.17. The van der Waals surface area contributed by atoms with Crippen molar-refractivity contribution in [3.63, 3.8) is 0 Å². The third-order valence-corrected chi connectivity index (χ3v) is 4.78. The van der Waals surface area contributed by atoms with Crippen LogP contribution in [0.1, 0.15) is 37.7 Å². The fourth-order valence-corrected chi connectivity index (χ4v) is 3.22. The van der Waals surface area contributed by atoms with E-state index in [1.54, 1.807) is 12.4 Å². The average Bonchev–Trinajstić information content (AvgIpc) is 2.42. The van der Waals surface area contributed by atoms with Crippen molar-refractivity contribution in [1.29, 1.82) is 0 Å². The van der Waals surface area contributed by atoms with Crippen LogP contribution < -0.4 is 5.32 Å². The molecule has 1 N–H and O–H groups in total. The molecule has 0 aromatic carbocycles. The van der Waals surface area contributed by atoms with Crippen molar-refractivity contribution in [2.75, 3.05) is 12.4 Å². The van der Waals surface area contributed by atoms with Gasteiger partial charge in [-0.15, -0.1) is 11.6 Å². The van der Waals surface area contributed by atoms with E-state index in [0.29, 0.717) is 5.41 Å². The smallest absolute Gasteiger partial charge is 0.0634 e. The van der Waals surface area contributed by atoms with E-state index in [4.69, 9.17) is 23.2 Å². The molecule has 1 aromatic rings. The minimum atomic E-state index is 0.291. The molecular formula is C14H20Cl2N2. The van der Waals surface area contributed by atoms with Gasteiger partial charge in [0, 0.05) is 31.4 Å². The van der Waals surface area contributed by atoms with Crippen molar-refractivity contribution in [2.24, 2.45) is 5.41 Å². The van der Waals surface area contributed by atoms with Crippen molar-refractivity contribution < 1.29 is 0 Å². The summed E-state index contributed by atoms with van der Waals surface area (Å²) in [5.41, 5.74) is 1.39. The van der Waals surface area contributed by atoms with Crippen LogP contribution in [0.3, 0.4) is 0 Å². The molecule has 0 radical (unpaired) electrons. The van der Waals surface area contributed by atoms with Crippen LogP contribution in [0.4, 0.5) is 0 Å². The molecule has 0 unspecified atom stereocenters. The van der Waals surface area contributed by atoms with Crippen molar-refractivity contribution >= 4 is 23.2 Å². The van der Waals surface area contributed by atoms with Crippen LogP contribution in [0, 0.1) is 5.41 Å². The standard InChI is InChI=1S/C14H20Cl2N2/c15-10-14(5-2-1-3-6-14)11-18-8-12-4-7-17-9-13(12)16/h4,7,9,18H,1-3,5-6,8,10-11H2. The average molecular weight is 287 g/mol. The van der Waals surface area contributed by atoms with Gasteiger partial charge in [0.2, 0.25) is 0 Å². The molecule has 2 rings (SSSR count). The molecule has 0 spiro atoms. The summed E-state index contributed by atoms with van der Waals surface area (Å²) in [7, 11) is 0. The van der Waals surface area contributed by atoms with Gasteiger partial charge in [-0.2, -0.15) is 0 Å². The van der Waals surface area contributed by atoms with Gasteiger partial charge in [-0.25, -0.2) is 0 Å². The summed E-state index contributed by atoms with van der Waals surface area (Å²) in [6.45, 7) is 1.77. The van der Waals surface area contributed by atoms with Crippen LogP contribution in [-0.4, -0.2) is 17.4 Å². The normalized spacial score (nSPS) is 18.8. The molecule has 0 saturated heterocycles. The number of aromatic nitrogens is 1. The first-order valence-electron chi connectivity index (χ1n) is 6.61. The Bertz CT molecular complexity index is 376. The Kier molecular flexibility index (Phi) is 5.28. The second kappa shape index (κ2) is 6.74. The van der Waals surface area contributed by atoms with Gasteiger partial charge in [-0.05, 0) is 29.9 Å². The van der Waals surface area contributed by atoms with Gasteiger partial charge < -0.3 is 5.32 Å². The Balaban J connectivity index is 1.85. The van der Waals surface area contributed by atoms with Crippen LogP contribution in [0.25, 0.3) is 0 Å². The first-order valence-corrected chi connectivity index (χ1v) is 7.52. The summed E-state index contributed by atoms with van der Waals surface area (Å²) in [5.74, 6) is 0.754. The van der Waals surface area contributed by atoms with E-state index in [2.05, 4.69) is 10.3 Å². The summed E-state index contributed by atoms with van der Waals surface area (Å²) in [6.07, 6.45) is 9.93. The van der Waals surface area contributed by atoms with E-state index in [0.717, 1.165) is 29.6 Å². The van der Waals surface area contributed by atoms with Gasteiger partial charge >= 0.3 is 0 Å². The highest BCUT2D eigenvalue weighted by Crippen LogP contribution is 2.36. The van der Waals surface area contributed by atoms with Crippen molar-refractivity contribution in [3.05, 3.63) is 29.0 Å². The van der Waals surface area contributed by atoms with Crippen LogP contribution >= 0.6 is 23.2 Å². The molecule has 1 heterocycles. The quantitative estimate of drug-likeness (QED) is 0.827. The highest BCUT2D eigenvalue weighted by Gasteiger charge is 2.30. The number of hydrogen-bond donors (Lipinski definition) is 1. The second-order valence-electron chi connectivity index (χ2n) is 5.26. The lowest BCUT2D eigenvalue weighted by Gasteiger charge is -2.35. The maximum Gasteiger partial charge on any atom is 0.0634 e. The summed E-state index contributed by atoms with van der Waals surface area (Å²) >= 11 is 12.3. The van der Waals surface area contributed by atoms with E-state index in [9.17, 15) is 0 Å². The number of pyridine rings is 1. The van der Waals surface area contributed by atoms with E-state index in [1.165, 1.54) is 32.1 Å². The molecule has 4 heteroatoms. The Labute approximate surface area is 119 Å². The Morgan fingerprint density at radius 3 is 2.72 bits per heavy atom. The van der Waals surface area contributed by atoms with Crippen LogP contribution in [0.2, 0.25) is 5.02 Å². The number of nitrogens with zero attached hydrogens (tertiary/aromatic N) is 1. The molecule has 1 aliphatic rings. The number of hydrogen-bond acceptors (Lipinski definition) is 2. The number of nitrogens with one attached hydrogen (secondary N) is 1. The molecule has 1 aromatic heterocycles. The highest BCUT2D eigenvalue weighted by atomic mass is 35.5. The monoisotopic (exact) mass is 286 g/mol. The lowest BCUT2D eigenvalue weighted by Crippen LogP contribution is -2.37. The number of rotatable bonds is 5. The molecule has 2 nitrogen and oxygen atoms in total. The molecule has 1 aliphatic carbocycles. The van der Waals surface area contributed by atoms with Crippen LogP contribution in [0.5, 0.6) is 0 Å². The zero-order chi connectivity index (χ0) is 12.8. The fourth-order valence-electron chi connectivity index (χ4n) is 2.67. The summed E-state index contributed by atoms with van der Waals surface area (Å²) in [5, 5.41) is 4.24. The van der Waals surface area contributed by atoms with Gasteiger partial charge in [0.25, 0.3) is 0 Å². The Morgan fingerprint density at radius 1 is 1.28 bits per heavy atom. The minimum absolute atomic E-state index is 0.291. The van der Waals surface area contributed by atoms with Gasteiger partial charge in [-0.1, -0.05) is 30.9 Å². The molecule has 0 aliphatic heterocycles. The third kappa shape index (κ3) is 3.59. The molecule has 0 bridgehead atoms. The molecule has 1 saturated carbocycles. The molecular weight excluding hydrogens is 267 g/mol. The minimum Gasteiger partial charge on any atom is -0.312 e. The predicted octanol–water partition coefficient (Wildman–Crippen LogP) is 4.01. The third-order valence-electron chi connectivity index (χ3n) is 3.87. The first-order chi connectivity index (χ1) is 8.76. The molecule has 1 fully saturated rings. The van der Waals surface area contributed by atoms with Crippen molar-refractivity contribution in [3.8, 4) is 0 Å². The predicted molar refractivity (Wildman–Crippen MR) is 77.2 cm³/mol. The van der Waals surface area contributed by atoms with Crippen LogP contribution in [0.15, 0.2) is 18.5 Å². The molecule has 0 atom stereocenters. The Morgan fingerprint density at radius 2 is 2.06 bits per heavy atom. The van der Waals surface area contributed by atoms with Crippen molar-refractivity contribution in [2.45, 2.75) is 38.6 Å². The fraction of sp³-hybridized carbons (Fsp3) is 0.643. The zero-order valence-corrected chi connectivity index (χ0v) is 12.1. The van der Waals surface area contributed by atoms with E-state index >= 15 is 0 Å². The first kappa shape index (κ1) is 14.1. The summed E-state index contributed by atoms with van der Waals surface area (Å²) in [6, 6.07) is 1.96. The lowest BCUT2D eigenvalue weighted by atomic mass is 9.75.